The standard InChI is InChI=1S/C29H32N4O2/c1-22(31-20-27(34)25-10-6-3-7-11-25)18-23-12-14-26(15-13-23)32-29(35)19-28-30-16-17-33(28)21-24-8-4-2-5-9-24/h2-17,22,27,31,34H,18-21H2,1H3,(H,32,35)/t22-,27+/m0/s1. The van der Waals surface area contributed by atoms with Gasteiger partial charge in [0.15, 0.2) is 0 Å². The Balaban J connectivity index is 1.24. The number of rotatable bonds is 11. The lowest BCUT2D eigenvalue weighted by atomic mass is 10.1. The maximum absolute atomic E-state index is 12.6. The second kappa shape index (κ2) is 12.1. The fourth-order valence-electron chi connectivity index (χ4n) is 4.04. The van der Waals surface area contributed by atoms with Crippen molar-refractivity contribution in [1.29, 1.82) is 0 Å². The van der Waals surface area contributed by atoms with Crippen LogP contribution in [0.15, 0.2) is 97.3 Å². The molecule has 0 radical (unpaired) electrons. The zero-order valence-electron chi connectivity index (χ0n) is 20.0. The van der Waals surface area contributed by atoms with Gasteiger partial charge in [0.05, 0.1) is 12.5 Å². The van der Waals surface area contributed by atoms with Crippen molar-refractivity contribution in [2.45, 2.75) is 38.5 Å². The highest BCUT2D eigenvalue weighted by Crippen LogP contribution is 2.14. The number of carbonyl (C=O) groups excluding carboxylic acids is 1. The van der Waals surface area contributed by atoms with E-state index in [1.165, 1.54) is 5.56 Å². The number of imidazole rings is 1. The lowest BCUT2D eigenvalue weighted by Gasteiger charge is -2.18. The number of aromatic nitrogens is 2. The molecule has 0 fully saturated rings. The average molecular weight is 469 g/mol. The second-order valence-corrected chi connectivity index (χ2v) is 8.82. The number of carbonyl (C=O) groups is 1. The summed E-state index contributed by atoms with van der Waals surface area (Å²) in [5.41, 5.74) is 4.01. The Kier molecular flexibility index (Phi) is 8.44. The van der Waals surface area contributed by atoms with Crippen molar-refractivity contribution in [3.63, 3.8) is 0 Å². The SMILES string of the molecule is C[C@@H](Cc1ccc(NC(=O)Cc2nccn2Cc2ccccc2)cc1)NC[C@@H](O)c1ccccc1. The number of hydrogen-bond donors (Lipinski definition) is 3. The van der Waals surface area contributed by atoms with E-state index in [0.29, 0.717) is 13.1 Å². The Labute approximate surface area is 206 Å². The number of hydrogen-bond acceptors (Lipinski definition) is 4. The Morgan fingerprint density at radius 3 is 2.34 bits per heavy atom. The van der Waals surface area contributed by atoms with Gasteiger partial charge in [-0.2, -0.15) is 0 Å². The van der Waals surface area contributed by atoms with Crippen LogP contribution in [0.1, 0.15) is 35.5 Å². The van der Waals surface area contributed by atoms with Crippen LogP contribution in [0.4, 0.5) is 5.69 Å². The quantitative estimate of drug-likeness (QED) is 0.306. The molecule has 1 amide bonds. The number of benzene rings is 3. The van der Waals surface area contributed by atoms with E-state index >= 15 is 0 Å². The van der Waals surface area contributed by atoms with Crippen molar-refractivity contribution in [3.05, 3.63) is 120 Å². The molecule has 0 aliphatic rings. The Bertz CT molecular complexity index is 1190. The van der Waals surface area contributed by atoms with E-state index in [-0.39, 0.29) is 18.4 Å². The summed E-state index contributed by atoms with van der Waals surface area (Å²) >= 11 is 0. The predicted molar refractivity (Wildman–Crippen MR) is 139 cm³/mol. The Morgan fingerprint density at radius 1 is 0.943 bits per heavy atom. The average Bonchev–Trinajstić information content (AvgIpc) is 3.31. The minimum absolute atomic E-state index is 0.0943. The molecule has 0 bridgehead atoms. The van der Waals surface area contributed by atoms with Crippen molar-refractivity contribution in [2.24, 2.45) is 0 Å². The van der Waals surface area contributed by atoms with Gasteiger partial charge in [0.25, 0.3) is 0 Å². The summed E-state index contributed by atoms with van der Waals surface area (Å²) in [7, 11) is 0. The lowest BCUT2D eigenvalue weighted by Crippen LogP contribution is -2.32. The third-order valence-electron chi connectivity index (χ3n) is 5.94. The molecule has 1 heterocycles. The van der Waals surface area contributed by atoms with Crippen LogP contribution in [0.3, 0.4) is 0 Å². The fraction of sp³-hybridized carbons (Fsp3) is 0.241. The number of amides is 1. The molecule has 6 nitrogen and oxygen atoms in total. The van der Waals surface area contributed by atoms with E-state index in [9.17, 15) is 9.90 Å². The molecular weight excluding hydrogens is 436 g/mol. The van der Waals surface area contributed by atoms with Crippen molar-refractivity contribution < 1.29 is 9.90 Å². The van der Waals surface area contributed by atoms with Crippen LogP contribution in [0, 0.1) is 0 Å². The van der Waals surface area contributed by atoms with Gasteiger partial charge in [-0.25, -0.2) is 4.98 Å². The molecule has 0 aliphatic carbocycles. The normalized spacial score (nSPS) is 12.7. The largest absolute Gasteiger partial charge is 0.387 e. The Hall–Kier alpha value is -3.74. The lowest BCUT2D eigenvalue weighted by molar-refractivity contribution is -0.115. The van der Waals surface area contributed by atoms with E-state index in [2.05, 4.69) is 34.7 Å². The van der Waals surface area contributed by atoms with Crippen LogP contribution in [0.2, 0.25) is 0 Å². The molecule has 2 atom stereocenters. The van der Waals surface area contributed by atoms with Gasteiger partial charge in [0.2, 0.25) is 5.91 Å². The third kappa shape index (κ3) is 7.37. The van der Waals surface area contributed by atoms with Crippen molar-refractivity contribution in [3.8, 4) is 0 Å². The van der Waals surface area contributed by atoms with Gasteiger partial charge in [-0.3, -0.25) is 4.79 Å². The molecule has 0 spiro atoms. The third-order valence-corrected chi connectivity index (χ3v) is 5.94. The minimum Gasteiger partial charge on any atom is -0.387 e. The summed E-state index contributed by atoms with van der Waals surface area (Å²) in [5, 5.41) is 16.7. The van der Waals surface area contributed by atoms with Gasteiger partial charge in [-0.1, -0.05) is 72.8 Å². The Morgan fingerprint density at radius 2 is 1.63 bits per heavy atom. The number of nitrogens with one attached hydrogen (secondary N) is 2. The summed E-state index contributed by atoms with van der Waals surface area (Å²) in [4.78, 5) is 17.0. The first-order valence-corrected chi connectivity index (χ1v) is 12.0. The summed E-state index contributed by atoms with van der Waals surface area (Å²) in [6, 6.07) is 27.9. The maximum Gasteiger partial charge on any atom is 0.231 e. The monoisotopic (exact) mass is 468 g/mol. The molecule has 3 N–H and O–H groups in total. The van der Waals surface area contributed by atoms with Crippen LogP contribution in [-0.4, -0.2) is 33.2 Å². The molecule has 180 valence electrons. The van der Waals surface area contributed by atoms with Gasteiger partial charge >= 0.3 is 0 Å². The van der Waals surface area contributed by atoms with Crippen LogP contribution >= 0.6 is 0 Å². The number of aliphatic hydroxyl groups is 1. The van der Waals surface area contributed by atoms with E-state index in [1.807, 2.05) is 83.6 Å². The predicted octanol–water partition coefficient (Wildman–Crippen LogP) is 4.37. The number of nitrogens with zero attached hydrogens (tertiary/aromatic N) is 2. The van der Waals surface area contributed by atoms with Crippen LogP contribution in [0.25, 0.3) is 0 Å². The molecular formula is C29H32N4O2. The van der Waals surface area contributed by atoms with Crippen molar-refractivity contribution in [2.75, 3.05) is 11.9 Å². The molecule has 4 aromatic rings. The first kappa shape index (κ1) is 24.4. The van der Waals surface area contributed by atoms with Gasteiger partial charge < -0.3 is 20.3 Å². The highest BCUT2D eigenvalue weighted by Gasteiger charge is 2.12. The van der Waals surface area contributed by atoms with E-state index in [1.54, 1.807) is 6.20 Å². The highest BCUT2D eigenvalue weighted by molar-refractivity contribution is 5.91. The summed E-state index contributed by atoms with van der Waals surface area (Å²) in [5.74, 6) is 0.642. The zero-order valence-corrected chi connectivity index (χ0v) is 20.0. The van der Waals surface area contributed by atoms with E-state index in [4.69, 9.17) is 0 Å². The first-order valence-electron chi connectivity index (χ1n) is 12.0. The van der Waals surface area contributed by atoms with Gasteiger partial charge in [-0.05, 0) is 42.2 Å². The van der Waals surface area contributed by atoms with Gasteiger partial charge in [0.1, 0.15) is 5.82 Å². The zero-order chi connectivity index (χ0) is 24.5. The summed E-state index contributed by atoms with van der Waals surface area (Å²) in [6.45, 7) is 3.29. The summed E-state index contributed by atoms with van der Waals surface area (Å²) in [6.07, 6.45) is 4.14. The molecule has 35 heavy (non-hydrogen) atoms. The van der Waals surface area contributed by atoms with Gasteiger partial charge in [-0.15, -0.1) is 0 Å². The van der Waals surface area contributed by atoms with E-state index < -0.39 is 6.10 Å². The van der Waals surface area contributed by atoms with Crippen molar-refractivity contribution in [1.82, 2.24) is 14.9 Å². The minimum atomic E-state index is -0.528. The molecule has 0 saturated heterocycles. The maximum atomic E-state index is 12.6. The molecule has 0 aliphatic heterocycles. The second-order valence-electron chi connectivity index (χ2n) is 8.82. The fourth-order valence-corrected chi connectivity index (χ4v) is 4.04. The topological polar surface area (TPSA) is 79.2 Å². The van der Waals surface area contributed by atoms with Crippen LogP contribution in [-0.2, 0) is 24.2 Å². The number of anilines is 1. The molecule has 6 heteroatoms. The van der Waals surface area contributed by atoms with Crippen LogP contribution < -0.4 is 10.6 Å². The summed E-state index contributed by atoms with van der Waals surface area (Å²) < 4.78 is 2.00. The first-order chi connectivity index (χ1) is 17.1. The van der Waals surface area contributed by atoms with Gasteiger partial charge in [0, 0.05) is 37.2 Å². The van der Waals surface area contributed by atoms with Crippen LogP contribution in [0.5, 0.6) is 0 Å². The highest BCUT2D eigenvalue weighted by atomic mass is 16.3. The molecule has 4 rings (SSSR count). The molecule has 1 aromatic heterocycles. The molecule has 0 unspecified atom stereocenters. The van der Waals surface area contributed by atoms with E-state index in [0.717, 1.165) is 29.1 Å². The van der Waals surface area contributed by atoms with Crippen molar-refractivity contribution >= 4 is 11.6 Å². The smallest absolute Gasteiger partial charge is 0.231 e. The molecule has 3 aromatic carbocycles. The molecule has 0 saturated carbocycles. The number of aliphatic hydroxyl groups excluding tert-OH is 1.